The van der Waals surface area contributed by atoms with Gasteiger partial charge in [0.25, 0.3) is 0 Å². The Labute approximate surface area is 91.4 Å². The SMILES string of the molecule is CN(CCCC(C)(N)C(=O)O)CC1CC1. The molecule has 1 unspecified atom stereocenters. The van der Waals surface area contributed by atoms with E-state index in [9.17, 15) is 4.79 Å². The summed E-state index contributed by atoms with van der Waals surface area (Å²) in [4.78, 5) is 13.0. The average molecular weight is 214 g/mol. The lowest BCUT2D eigenvalue weighted by Crippen LogP contribution is -2.45. The first-order valence-corrected chi connectivity index (χ1v) is 5.62. The molecule has 1 aliphatic carbocycles. The summed E-state index contributed by atoms with van der Waals surface area (Å²) in [6.07, 6.45) is 4.10. The highest BCUT2D eigenvalue weighted by molar-refractivity contribution is 5.77. The van der Waals surface area contributed by atoms with Crippen LogP contribution in [0.4, 0.5) is 0 Å². The molecule has 0 heterocycles. The smallest absolute Gasteiger partial charge is 0.323 e. The highest BCUT2D eigenvalue weighted by Gasteiger charge is 2.27. The number of hydrogen-bond donors (Lipinski definition) is 2. The Bertz CT molecular complexity index is 225. The van der Waals surface area contributed by atoms with E-state index in [0.717, 1.165) is 25.4 Å². The Balaban J connectivity index is 2.11. The van der Waals surface area contributed by atoms with Crippen molar-refractivity contribution >= 4 is 5.97 Å². The van der Waals surface area contributed by atoms with Crippen molar-refractivity contribution in [1.82, 2.24) is 4.90 Å². The second kappa shape index (κ2) is 4.94. The first-order valence-electron chi connectivity index (χ1n) is 5.62. The Kier molecular flexibility index (Phi) is 4.11. The van der Waals surface area contributed by atoms with Gasteiger partial charge < -0.3 is 15.7 Å². The zero-order chi connectivity index (χ0) is 11.5. The third-order valence-corrected chi connectivity index (χ3v) is 2.99. The van der Waals surface area contributed by atoms with Crippen LogP contribution in [-0.2, 0) is 4.79 Å². The summed E-state index contributed by atoms with van der Waals surface area (Å²) in [7, 11) is 2.09. The van der Waals surface area contributed by atoms with Gasteiger partial charge >= 0.3 is 5.97 Å². The molecule has 0 aromatic carbocycles. The highest BCUT2D eigenvalue weighted by Crippen LogP contribution is 2.29. The molecule has 1 saturated carbocycles. The van der Waals surface area contributed by atoms with E-state index in [1.165, 1.54) is 12.8 Å². The maximum absolute atomic E-state index is 10.7. The van der Waals surface area contributed by atoms with Crippen LogP contribution in [0.2, 0.25) is 0 Å². The van der Waals surface area contributed by atoms with Gasteiger partial charge in [-0.25, -0.2) is 0 Å². The lowest BCUT2D eigenvalue weighted by atomic mass is 9.97. The standard InChI is InChI=1S/C11H22N2O2/c1-11(12,10(14)15)6-3-7-13(2)8-9-4-5-9/h9H,3-8,12H2,1-2H3,(H,14,15). The monoisotopic (exact) mass is 214 g/mol. The molecule has 0 bridgehead atoms. The minimum Gasteiger partial charge on any atom is -0.480 e. The molecule has 4 nitrogen and oxygen atoms in total. The fourth-order valence-corrected chi connectivity index (χ4v) is 1.66. The van der Waals surface area contributed by atoms with E-state index in [1.54, 1.807) is 6.92 Å². The molecule has 1 rings (SSSR count). The van der Waals surface area contributed by atoms with Crippen LogP contribution in [0.1, 0.15) is 32.6 Å². The van der Waals surface area contributed by atoms with E-state index in [0.29, 0.717) is 6.42 Å². The summed E-state index contributed by atoms with van der Waals surface area (Å²) in [5.74, 6) is -0.0221. The Morgan fingerprint density at radius 3 is 2.67 bits per heavy atom. The fraction of sp³-hybridized carbons (Fsp3) is 0.909. The molecule has 88 valence electrons. The van der Waals surface area contributed by atoms with Gasteiger partial charge in [-0.05, 0) is 52.1 Å². The zero-order valence-corrected chi connectivity index (χ0v) is 9.70. The number of carboxylic acid groups (broad SMARTS) is 1. The molecule has 1 atom stereocenters. The van der Waals surface area contributed by atoms with E-state index in [-0.39, 0.29) is 0 Å². The number of carbonyl (C=O) groups is 1. The maximum Gasteiger partial charge on any atom is 0.323 e. The Morgan fingerprint density at radius 1 is 1.60 bits per heavy atom. The second-order valence-electron chi connectivity index (χ2n) is 5.03. The van der Waals surface area contributed by atoms with Crippen molar-refractivity contribution in [2.75, 3.05) is 20.1 Å². The van der Waals surface area contributed by atoms with Crippen LogP contribution >= 0.6 is 0 Å². The molecular formula is C11H22N2O2. The van der Waals surface area contributed by atoms with Gasteiger partial charge in [0.2, 0.25) is 0 Å². The van der Waals surface area contributed by atoms with Crippen molar-refractivity contribution < 1.29 is 9.90 Å². The van der Waals surface area contributed by atoms with E-state index >= 15 is 0 Å². The summed E-state index contributed by atoms with van der Waals surface area (Å²) in [5.41, 5.74) is 4.57. The summed E-state index contributed by atoms with van der Waals surface area (Å²) >= 11 is 0. The lowest BCUT2D eigenvalue weighted by Gasteiger charge is -2.21. The molecule has 0 amide bonds. The molecule has 0 aliphatic heterocycles. The summed E-state index contributed by atoms with van der Waals surface area (Å²) in [5, 5.41) is 8.82. The van der Waals surface area contributed by atoms with E-state index in [1.807, 2.05) is 0 Å². The van der Waals surface area contributed by atoms with Gasteiger partial charge in [0.15, 0.2) is 0 Å². The van der Waals surface area contributed by atoms with Crippen LogP contribution in [0.5, 0.6) is 0 Å². The summed E-state index contributed by atoms with van der Waals surface area (Å²) in [6, 6.07) is 0. The lowest BCUT2D eigenvalue weighted by molar-refractivity contribution is -0.142. The molecule has 15 heavy (non-hydrogen) atoms. The Morgan fingerprint density at radius 2 is 2.20 bits per heavy atom. The van der Waals surface area contributed by atoms with Gasteiger partial charge in [0.1, 0.15) is 5.54 Å². The Hall–Kier alpha value is -0.610. The average Bonchev–Trinajstić information content (AvgIpc) is 2.87. The first kappa shape index (κ1) is 12.5. The molecule has 0 aromatic rings. The minimum atomic E-state index is -1.07. The fourth-order valence-electron chi connectivity index (χ4n) is 1.66. The molecule has 0 saturated heterocycles. The van der Waals surface area contributed by atoms with Crippen molar-refractivity contribution in [2.45, 2.75) is 38.1 Å². The van der Waals surface area contributed by atoms with Crippen LogP contribution in [0.25, 0.3) is 0 Å². The van der Waals surface area contributed by atoms with Crippen molar-refractivity contribution in [3.8, 4) is 0 Å². The van der Waals surface area contributed by atoms with Crippen LogP contribution < -0.4 is 5.73 Å². The predicted octanol–water partition coefficient (Wildman–Crippen LogP) is 0.910. The van der Waals surface area contributed by atoms with Gasteiger partial charge in [-0.15, -0.1) is 0 Å². The molecule has 0 spiro atoms. The summed E-state index contributed by atoms with van der Waals surface area (Å²) in [6.45, 7) is 3.67. The highest BCUT2D eigenvalue weighted by atomic mass is 16.4. The number of aliphatic carboxylic acids is 1. The van der Waals surface area contributed by atoms with Crippen molar-refractivity contribution in [3.05, 3.63) is 0 Å². The van der Waals surface area contributed by atoms with Gasteiger partial charge in [-0.1, -0.05) is 0 Å². The minimum absolute atomic E-state index is 0.539. The van der Waals surface area contributed by atoms with Crippen LogP contribution in [0.15, 0.2) is 0 Å². The zero-order valence-electron chi connectivity index (χ0n) is 9.70. The predicted molar refractivity (Wildman–Crippen MR) is 59.7 cm³/mol. The number of hydrogen-bond acceptors (Lipinski definition) is 3. The van der Waals surface area contributed by atoms with Crippen LogP contribution in [-0.4, -0.2) is 41.7 Å². The van der Waals surface area contributed by atoms with Crippen LogP contribution in [0, 0.1) is 5.92 Å². The van der Waals surface area contributed by atoms with Crippen LogP contribution in [0.3, 0.4) is 0 Å². The second-order valence-corrected chi connectivity index (χ2v) is 5.03. The van der Waals surface area contributed by atoms with Gasteiger partial charge in [-0.2, -0.15) is 0 Å². The van der Waals surface area contributed by atoms with Gasteiger partial charge in [-0.3, -0.25) is 4.79 Å². The molecule has 0 aromatic heterocycles. The largest absolute Gasteiger partial charge is 0.480 e. The molecule has 3 N–H and O–H groups in total. The maximum atomic E-state index is 10.7. The number of rotatable bonds is 7. The number of carboxylic acids is 1. The normalized spacial score (nSPS) is 20.3. The summed E-state index contributed by atoms with van der Waals surface area (Å²) < 4.78 is 0. The number of nitrogens with zero attached hydrogens (tertiary/aromatic N) is 1. The van der Waals surface area contributed by atoms with Gasteiger partial charge in [0.05, 0.1) is 0 Å². The molecule has 4 heteroatoms. The van der Waals surface area contributed by atoms with Crippen molar-refractivity contribution in [3.63, 3.8) is 0 Å². The molecular weight excluding hydrogens is 192 g/mol. The van der Waals surface area contributed by atoms with E-state index < -0.39 is 11.5 Å². The molecule has 0 radical (unpaired) electrons. The third kappa shape index (κ3) is 4.62. The van der Waals surface area contributed by atoms with Crippen molar-refractivity contribution in [1.29, 1.82) is 0 Å². The van der Waals surface area contributed by atoms with E-state index in [4.69, 9.17) is 10.8 Å². The molecule has 1 aliphatic rings. The third-order valence-electron chi connectivity index (χ3n) is 2.99. The quantitative estimate of drug-likeness (QED) is 0.661. The van der Waals surface area contributed by atoms with E-state index in [2.05, 4.69) is 11.9 Å². The van der Waals surface area contributed by atoms with Gasteiger partial charge in [0, 0.05) is 6.54 Å². The number of nitrogens with two attached hydrogens (primary N) is 1. The topological polar surface area (TPSA) is 66.6 Å². The molecule has 1 fully saturated rings. The first-order chi connectivity index (χ1) is 6.92. The van der Waals surface area contributed by atoms with Crippen molar-refractivity contribution in [2.24, 2.45) is 11.7 Å².